The zero-order valence-corrected chi connectivity index (χ0v) is 18.1. The van der Waals surface area contributed by atoms with Crippen LogP contribution in [-0.2, 0) is 6.54 Å². The van der Waals surface area contributed by atoms with Crippen molar-refractivity contribution >= 4 is 22.5 Å². The number of ether oxygens (including phenoxy) is 1. The van der Waals surface area contributed by atoms with Gasteiger partial charge in [-0.15, -0.1) is 0 Å². The molecule has 1 aromatic heterocycles. The first-order chi connectivity index (χ1) is 16.0. The van der Waals surface area contributed by atoms with E-state index in [1.165, 1.54) is 0 Å². The zero-order valence-electron chi connectivity index (χ0n) is 18.1. The van der Waals surface area contributed by atoms with E-state index in [0.29, 0.717) is 23.4 Å². The molecule has 0 spiro atoms. The fourth-order valence-electron chi connectivity index (χ4n) is 4.39. The highest BCUT2D eigenvalue weighted by Gasteiger charge is 2.32. The second-order valence-electron chi connectivity index (χ2n) is 7.97. The highest BCUT2D eigenvalue weighted by atomic mass is 16.5. The number of nitrogens with two attached hydrogens (primary N) is 1. The summed E-state index contributed by atoms with van der Waals surface area (Å²) in [5.74, 6) is 0.559. The van der Waals surface area contributed by atoms with Gasteiger partial charge in [-0.2, -0.15) is 10.4 Å². The topological polar surface area (TPSA) is 108 Å². The first-order valence-electron chi connectivity index (χ1n) is 10.4. The Bertz CT molecular complexity index is 1480. The summed E-state index contributed by atoms with van der Waals surface area (Å²) >= 11 is 0. The summed E-state index contributed by atoms with van der Waals surface area (Å²) in [5, 5.41) is 17.7. The molecule has 0 radical (unpaired) electrons. The fourth-order valence-corrected chi connectivity index (χ4v) is 4.39. The number of aromatic amines is 1. The molecule has 4 aromatic rings. The second-order valence-corrected chi connectivity index (χ2v) is 7.97. The summed E-state index contributed by atoms with van der Waals surface area (Å²) in [6.07, 6.45) is 0. The number of nitriles is 1. The van der Waals surface area contributed by atoms with Crippen LogP contribution in [0.15, 0.2) is 66.7 Å². The van der Waals surface area contributed by atoms with Gasteiger partial charge in [-0.3, -0.25) is 9.89 Å². The Morgan fingerprint density at radius 2 is 2.06 bits per heavy atom. The number of carbonyl (C=O) groups is 1. The van der Waals surface area contributed by atoms with Crippen molar-refractivity contribution in [3.05, 3.63) is 77.9 Å². The van der Waals surface area contributed by atoms with Crippen LogP contribution in [0.5, 0.6) is 5.75 Å². The molecule has 1 aliphatic rings. The number of aromatic nitrogens is 2. The van der Waals surface area contributed by atoms with Crippen LogP contribution < -0.4 is 10.5 Å². The third-order valence-electron chi connectivity index (χ3n) is 5.97. The Labute approximate surface area is 190 Å². The van der Waals surface area contributed by atoms with E-state index in [1.54, 1.807) is 18.1 Å². The van der Waals surface area contributed by atoms with Crippen molar-refractivity contribution in [1.82, 2.24) is 15.1 Å². The van der Waals surface area contributed by atoms with Crippen LogP contribution >= 0.6 is 0 Å². The molecule has 33 heavy (non-hydrogen) atoms. The van der Waals surface area contributed by atoms with Crippen molar-refractivity contribution < 1.29 is 9.53 Å². The number of hydrogen-bond donors (Lipinski definition) is 2. The van der Waals surface area contributed by atoms with Gasteiger partial charge in [-0.05, 0) is 47.0 Å². The highest BCUT2D eigenvalue weighted by molar-refractivity contribution is 6.06. The number of nitrogen functional groups attached to an aromatic ring is 1. The van der Waals surface area contributed by atoms with Gasteiger partial charge in [-0.1, -0.05) is 30.8 Å². The van der Waals surface area contributed by atoms with Crippen molar-refractivity contribution in [3.8, 4) is 34.2 Å². The predicted molar refractivity (Wildman–Crippen MR) is 127 cm³/mol. The molecule has 5 rings (SSSR count). The number of H-pyrrole nitrogens is 1. The Balaban J connectivity index is 1.63. The molecule has 7 heteroatoms. The lowest BCUT2D eigenvalue weighted by Crippen LogP contribution is -2.26. The minimum atomic E-state index is -0.181. The van der Waals surface area contributed by atoms with E-state index in [9.17, 15) is 4.79 Å². The summed E-state index contributed by atoms with van der Waals surface area (Å²) in [7, 11) is 1.64. The SMILES string of the molecule is C=C(C#N)CN1Cc2c(-c3ccc4[nH]nc(-c5ccccc5OC)c4c3)ccc(N)c2C1=O. The predicted octanol–water partition coefficient (Wildman–Crippen LogP) is 4.52. The molecule has 2 heterocycles. The van der Waals surface area contributed by atoms with E-state index < -0.39 is 0 Å². The summed E-state index contributed by atoms with van der Waals surface area (Å²) in [6.45, 7) is 4.27. The first kappa shape index (κ1) is 20.3. The molecule has 1 amide bonds. The Hall–Kier alpha value is -4.57. The summed E-state index contributed by atoms with van der Waals surface area (Å²) in [6, 6.07) is 19.5. The number of rotatable bonds is 5. The first-order valence-corrected chi connectivity index (χ1v) is 10.4. The van der Waals surface area contributed by atoms with Gasteiger partial charge in [-0.25, -0.2) is 0 Å². The van der Waals surface area contributed by atoms with E-state index in [0.717, 1.165) is 44.6 Å². The molecule has 0 unspecified atom stereocenters. The molecule has 0 saturated heterocycles. The van der Waals surface area contributed by atoms with Gasteiger partial charge in [0.05, 0.1) is 30.8 Å². The van der Waals surface area contributed by atoms with Crippen LogP contribution in [0.25, 0.3) is 33.3 Å². The molecule has 0 saturated carbocycles. The van der Waals surface area contributed by atoms with Gasteiger partial charge in [0.1, 0.15) is 11.4 Å². The van der Waals surface area contributed by atoms with Gasteiger partial charge < -0.3 is 15.4 Å². The van der Waals surface area contributed by atoms with Crippen LogP contribution in [-0.4, -0.2) is 34.7 Å². The summed E-state index contributed by atoms with van der Waals surface area (Å²) in [4.78, 5) is 14.6. The molecule has 3 N–H and O–H groups in total. The zero-order chi connectivity index (χ0) is 23.1. The number of para-hydroxylation sites is 1. The summed E-state index contributed by atoms with van der Waals surface area (Å²) in [5.41, 5.74) is 12.7. The maximum absolute atomic E-state index is 13.0. The maximum Gasteiger partial charge on any atom is 0.256 e. The molecule has 1 aliphatic heterocycles. The van der Waals surface area contributed by atoms with Crippen molar-refractivity contribution in [2.45, 2.75) is 6.54 Å². The van der Waals surface area contributed by atoms with Crippen LogP contribution in [0, 0.1) is 11.3 Å². The Kier molecular flexibility index (Phi) is 4.83. The molecule has 3 aromatic carbocycles. The lowest BCUT2D eigenvalue weighted by Gasteiger charge is -2.14. The van der Waals surface area contributed by atoms with E-state index in [-0.39, 0.29) is 12.5 Å². The highest BCUT2D eigenvalue weighted by Crippen LogP contribution is 2.39. The van der Waals surface area contributed by atoms with Gasteiger partial charge in [0.2, 0.25) is 0 Å². The van der Waals surface area contributed by atoms with Crippen LogP contribution in [0.1, 0.15) is 15.9 Å². The third kappa shape index (κ3) is 3.29. The second kappa shape index (κ2) is 7.84. The average molecular weight is 435 g/mol. The minimum absolute atomic E-state index is 0.181. The normalized spacial score (nSPS) is 12.6. The van der Waals surface area contributed by atoms with E-state index >= 15 is 0 Å². The van der Waals surface area contributed by atoms with E-state index in [2.05, 4.69) is 22.8 Å². The minimum Gasteiger partial charge on any atom is -0.496 e. The number of nitrogens with one attached hydrogen (secondary N) is 1. The molecule has 0 atom stereocenters. The number of nitrogens with zero attached hydrogens (tertiary/aromatic N) is 3. The van der Waals surface area contributed by atoms with Crippen LogP contribution in [0.3, 0.4) is 0 Å². The van der Waals surface area contributed by atoms with Crippen molar-refractivity contribution in [3.63, 3.8) is 0 Å². The molecule has 0 bridgehead atoms. The van der Waals surface area contributed by atoms with Crippen molar-refractivity contribution in [2.75, 3.05) is 19.4 Å². The number of benzene rings is 3. The molecular formula is C26H21N5O2. The van der Waals surface area contributed by atoms with Gasteiger partial charge in [0.15, 0.2) is 0 Å². The number of methoxy groups -OCH3 is 1. The monoisotopic (exact) mass is 435 g/mol. The maximum atomic E-state index is 13.0. The smallest absolute Gasteiger partial charge is 0.256 e. The quantitative estimate of drug-likeness (QED) is 0.354. The molecule has 0 fully saturated rings. The van der Waals surface area contributed by atoms with E-state index in [4.69, 9.17) is 15.7 Å². The molecule has 0 aliphatic carbocycles. The number of anilines is 1. The Morgan fingerprint density at radius 3 is 2.85 bits per heavy atom. The van der Waals surface area contributed by atoms with Gasteiger partial charge in [0.25, 0.3) is 5.91 Å². The molecule has 7 nitrogen and oxygen atoms in total. The van der Waals surface area contributed by atoms with Crippen molar-refractivity contribution in [1.29, 1.82) is 5.26 Å². The number of hydrogen-bond acceptors (Lipinski definition) is 5. The lowest BCUT2D eigenvalue weighted by molar-refractivity contribution is 0.0794. The average Bonchev–Trinajstić information content (AvgIpc) is 3.40. The standard InChI is InChI=1S/C26H21N5O2/c1-15(12-27)13-31-14-20-17(8-9-21(28)24(20)26(31)32)16-7-10-22-19(11-16)25(30-29-22)18-5-3-4-6-23(18)33-2/h3-11H,1,13-14,28H2,2H3,(H,29,30). The number of amides is 1. The Morgan fingerprint density at radius 1 is 1.24 bits per heavy atom. The van der Waals surface area contributed by atoms with Gasteiger partial charge in [0, 0.05) is 28.8 Å². The lowest BCUT2D eigenvalue weighted by atomic mass is 9.94. The van der Waals surface area contributed by atoms with Gasteiger partial charge >= 0.3 is 0 Å². The molecule has 162 valence electrons. The van der Waals surface area contributed by atoms with Crippen LogP contribution in [0.2, 0.25) is 0 Å². The molecular weight excluding hydrogens is 414 g/mol. The van der Waals surface area contributed by atoms with Crippen LogP contribution in [0.4, 0.5) is 5.69 Å². The summed E-state index contributed by atoms with van der Waals surface area (Å²) < 4.78 is 5.53. The fraction of sp³-hybridized carbons (Fsp3) is 0.115. The number of carbonyl (C=O) groups excluding carboxylic acids is 1. The van der Waals surface area contributed by atoms with E-state index in [1.807, 2.05) is 48.5 Å². The third-order valence-corrected chi connectivity index (χ3v) is 5.97. The largest absolute Gasteiger partial charge is 0.496 e. The number of fused-ring (bicyclic) bond motifs is 2. The van der Waals surface area contributed by atoms with Crippen molar-refractivity contribution in [2.24, 2.45) is 0 Å².